The molecule has 0 bridgehead atoms. The highest BCUT2D eigenvalue weighted by atomic mass is 32.2. The molecule has 0 fully saturated rings. The average Bonchev–Trinajstić information content (AvgIpc) is 2.75. The van der Waals surface area contributed by atoms with Crippen LogP contribution >= 0.6 is 0 Å². The van der Waals surface area contributed by atoms with Crippen LogP contribution in [0.2, 0.25) is 0 Å². The van der Waals surface area contributed by atoms with Gasteiger partial charge >= 0.3 is 0 Å². The molecule has 157 valence electrons. The highest BCUT2D eigenvalue weighted by Gasteiger charge is 2.20. The highest BCUT2D eigenvalue weighted by Crippen LogP contribution is 2.25. The molecule has 0 saturated heterocycles. The van der Waals surface area contributed by atoms with Gasteiger partial charge in [-0.1, -0.05) is 49.4 Å². The molecular formula is C24H26NO4S. The summed E-state index contributed by atoms with van der Waals surface area (Å²) in [6, 6.07) is 25.6. The Labute approximate surface area is 178 Å². The zero-order valence-corrected chi connectivity index (χ0v) is 17.8. The van der Waals surface area contributed by atoms with E-state index in [0.717, 1.165) is 5.56 Å². The molecule has 0 heterocycles. The van der Waals surface area contributed by atoms with Gasteiger partial charge in [0.2, 0.25) is 0 Å². The van der Waals surface area contributed by atoms with Gasteiger partial charge in [0.05, 0.1) is 11.0 Å². The van der Waals surface area contributed by atoms with E-state index in [9.17, 15) is 13.5 Å². The molecule has 3 rings (SSSR count). The minimum atomic E-state index is -3.62. The second-order valence-corrected chi connectivity index (χ2v) is 8.99. The zero-order chi connectivity index (χ0) is 21.6. The Hall–Kier alpha value is -2.83. The summed E-state index contributed by atoms with van der Waals surface area (Å²) in [4.78, 5) is 0.218. The Bertz CT molecular complexity index is 1020. The third-order valence-corrected chi connectivity index (χ3v) is 6.32. The van der Waals surface area contributed by atoms with Crippen LogP contribution < -0.4 is 9.46 Å². The molecule has 30 heavy (non-hydrogen) atoms. The Morgan fingerprint density at radius 3 is 2.33 bits per heavy atom. The number of sulfonamides is 1. The summed E-state index contributed by atoms with van der Waals surface area (Å²) in [6.45, 7) is 3.86. The van der Waals surface area contributed by atoms with Crippen LogP contribution in [0.25, 0.3) is 0 Å². The fourth-order valence-corrected chi connectivity index (χ4v) is 4.21. The van der Waals surface area contributed by atoms with Crippen LogP contribution in [0, 0.1) is 6.07 Å². The molecule has 0 aromatic heterocycles. The Kier molecular flexibility index (Phi) is 7.13. The van der Waals surface area contributed by atoms with Crippen molar-refractivity contribution < 1.29 is 18.3 Å². The third-order valence-electron chi connectivity index (χ3n) is 4.92. The molecule has 5 nitrogen and oxygen atoms in total. The summed E-state index contributed by atoms with van der Waals surface area (Å²) in [6.07, 6.45) is -0.482. The van der Waals surface area contributed by atoms with Crippen molar-refractivity contribution in [2.24, 2.45) is 0 Å². The SMILES string of the molecule is CC(CC(O)C(C)Oc1c[c]ccc1)c1ccc(NS(=O)(=O)c2ccccc2)cc1. The molecule has 3 atom stereocenters. The first-order valence-corrected chi connectivity index (χ1v) is 11.3. The first kappa shape index (κ1) is 21.9. The fourth-order valence-electron chi connectivity index (χ4n) is 3.13. The van der Waals surface area contributed by atoms with E-state index in [4.69, 9.17) is 4.74 Å². The molecule has 1 radical (unpaired) electrons. The van der Waals surface area contributed by atoms with Gasteiger partial charge in [0.15, 0.2) is 0 Å². The van der Waals surface area contributed by atoms with Crippen LogP contribution in [-0.2, 0) is 10.0 Å². The summed E-state index contributed by atoms with van der Waals surface area (Å²) in [5, 5.41) is 10.5. The smallest absolute Gasteiger partial charge is 0.261 e. The normalized spacial score (nSPS) is 14.5. The number of hydrogen-bond donors (Lipinski definition) is 2. The average molecular weight is 425 g/mol. The van der Waals surface area contributed by atoms with Crippen molar-refractivity contribution in [2.45, 2.75) is 43.3 Å². The first-order valence-electron chi connectivity index (χ1n) is 9.84. The van der Waals surface area contributed by atoms with Crippen molar-refractivity contribution in [3.8, 4) is 5.75 Å². The van der Waals surface area contributed by atoms with Gasteiger partial charge < -0.3 is 9.84 Å². The van der Waals surface area contributed by atoms with Crippen LogP contribution in [0.15, 0.2) is 83.8 Å². The number of aliphatic hydroxyl groups is 1. The molecule has 2 N–H and O–H groups in total. The van der Waals surface area contributed by atoms with E-state index >= 15 is 0 Å². The lowest BCUT2D eigenvalue weighted by Gasteiger charge is -2.23. The second kappa shape index (κ2) is 9.78. The van der Waals surface area contributed by atoms with Crippen molar-refractivity contribution >= 4 is 15.7 Å². The van der Waals surface area contributed by atoms with Crippen LogP contribution in [0.1, 0.15) is 31.7 Å². The maximum absolute atomic E-state index is 12.4. The third kappa shape index (κ3) is 5.84. The maximum atomic E-state index is 12.4. The number of ether oxygens (including phenoxy) is 1. The number of nitrogens with one attached hydrogen (secondary N) is 1. The fraction of sp³-hybridized carbons (Fsp3) is 0.250. The van der Waals surface area contributed by atoms with Crippen LogP contribution in [-0.4, -0.2) is 25.7 Å². The van der Waals surface area contributed by atoms with E-state index in [-0.39, 0.29) is 16.9 Å². The summed E-state index contributed by atoms with van der Waals surface area (Å²) < 4.78 is 33.2. The van der Waals surface area contributed by atoms with Crippen LogP contribution in [0.5, 0.6) is 5.75 Å². The highest BCUT2D eigenvalue weighted by molar-refractivity contribution is 7.92. The molecule has 3 aromatic carbocycles. The lowest BCUT2D eigenvalue weighted by molar-refractivity contribution is 0.0379. The largest absolute Gasteiger partial charge is 0.488 e. The molecule has 0 aliphatic rings. The first-order chi connectivity index (χ1) is 14.3. The summed E-state index contributed by atoms with van der Waals surface area (Å²) in [7, 11) is -3.62. The van der Waals surface area contributed by atoms with E-state index in [1.165, 1.54) is 0 Å². The molecule has 3 unspecified atom stereocenters. The van der Waals surface area contributed by atoms with Gasteiger partial charge in [-0.15, -0.1) is 0 Å². The number of benzene rings is 3. The van der Waals surface area contributed by atoms with E-state index in [0.29, 0.717) is 17.9 Å². The molecule has 0 spiro atoms. The monoisotopic (exact) mass is 424 g/mol. The molecular weight excluding hydrogens is 398 g/mol. The van der Waals surface area contributed by atoms with Gasteiger partial charge in [-0.25, -0.2) is 8.42 Å². The molecule has 3 aromatic rings. The summed E-state index contributed by atoms with van der Waals surface area (Å²) >= 11 is 0. The van der Waals surface area contributed by atoms with Gasteiger partial charge in [-0.2, -0.15) is 0 Å². The summed E-state index contributed by atoms with van der Waals surface area (Å²) in [5.74, 6) is 0.750. The van der Waals surface area contributed by atoms with Crippen LogP contribution in [0.3, 0.4) is 0 Å². The van der Waals surface area contributed by atoms with Gasteiger partial charge in [0.1, 0.15) is 11.9 Å². The van der Waals surface area contributed by atoms with Gasteiger partial charge in [0.25, 0.3) is 10.0 Å². The van der Waals surface area contributed by atoms with Gasteiger partial charge in [0, 0.05) is 5.69 Å². The number of anilines is 1. The number of aliphatic hydroxyl groups excluding tert-OH is 1. The van der Waals surface area contributed by atoms with Crippen molar-refractivity contribution in [1.29, 1.82) is 0 Å². The van der Waals surface area contributed by atoms with Crippen molar-refractivity contribution in [3.63, 3.8) is 0 Å². The molecule has 0 amide bonds. The topological polar surface area (TPSA) is 75.6 Å². The molecule has 0 saturated carbocycles. The van der Waals surface area contributed by atoms with Gasteiger partial charge in [-0.3, -0.25) is 4.72 Å². The predicted octanol–water partition coefficient (Wildman–Crippen LogP) is 4.61. The minimum absolute atomic E-state index is 0.0770. The van der Waals surface area contributed by atoms with E-state index < -0.39 is 16.1 Å². The van der Waals surface area contributed by atoms with Crippen molar-refractivity contribution in [3.05, 3.63) is 90.5 Å². The number of rotatable bonds is 9. The van der Waals surface area contributed by atoms with E-state index in [2.05, 4.69) is 10.8 Å². The lowest BCUT2D eigenvalue weighted by Crippen LogP contribution is -2.30. The van der Waals surface area contributed by atoms with Crippen molar-refractivity contribution in [1.82, 2.24) is 0 Å². The lowest BCUT2D eigenvalue weighted by atomic mass is 9.93. The quantitative estimate of drug-likeness (QED) is 0.526. The maximum Gasteiger partial charge on any atom is 0.261 e. The van der Waals surface area contributed by atoms with Crippen LogP contribution in [0.4, 0.5) is 5.69 Å². The Balaban J connectivity index is 1.58. The minimum Gasteiger partial charge on any atom is -0.488 e. The Morgan fingerprint density at radius 1 is 1.00 bits per heavy atom. The van der Waals surface area contributed by atoms with E-state index in [1.54, 1.807) is 54.6 Å². The molecule has 0 aliphatic heterocycles. The molecule has 0 aliphatic carbocycles. The number of hydrogen-bond acceptors (Lipinski definition) is 4. The Morgan fingerprint density at radius 2 is 1.70 bits per heavy atom. The van der Waals surface area contributed by atoms with E-state index in [1.807, 2.05) is 38.1 Å². The van der Waals surface area contributed by atoms with Gasteiger partial charge in [-0.05, 0) is 67.3 Å². The predicted molar refractivity (Wildman–Crippen MR) is 118 cm³/mol. The standard InChI is InChI=1S/C24H26NO4S/c1-18(17-24(26)19(2)29-22-9-5-3-6-10-22)20-13-15-21(16-14-20)25-30(27,28)23-11-7-4-8-12-23/h3-5,7-16,18-19,24-26H,17H2,1-2H3. The molecule has 6 heteroatoms. The zero-order valence-electron chi connectivity index (χ0n) is 17.0. The second-order valence-electron chi connectivity index (χ2n) is 7.31. The summed E-state index contributed by atoms with van der Waals surface area (Å²) in [5.41, 5.74) is 1.50. The van der Waals surface area contributed by atoms with Crippen molar-refractivity contribution in [2.75, 3.05) is 4.72 Å².